The monoisotopic (exact) mass is 413 g/mol. The molecule has 1 aromatic carbocycles. The van der Waals surface area contributed by atoms with E-state index in [1.54, 1.807) is 18.3 Å². The highest BCUT2D eigenvalue weighted by Gasteiger charge is 2.16. The van der Waals surface area contributed by atoms with E-state index in [0.29, 0.717) is 31.2 Å². The van der Waals surface area contributed by atoms with Crippen molar-refractivity contribution in [3.05, 3.63) is 48.2 Å². The molecule has 2 heterocycles. The van der Waals surface area contributed by atoms with Crippen LogP contribution in [-0.4, -0.2) is 36.7 Å². The number of morpholine rings is 1. The Hall–Kier alpha value is -1.86. The van der Waals surface area contributed by atoms with Crippen molar-refractivity contribution >= 4 is 36.4 Å². The predicted octanol–water partition coefficient (Wildman–Crippen LogP) is 3.60. The molecule has 1 atom stereocenters. The third-order valence-corrected chi connectivity index (χ3v) is 3.98. The van der Waals surface area contributed by atoms with Crippen molar-refractivity contribution in [2.45, 2.75) is 25.8 Å². The number of nitrogens with one attached hydrogen (secondary N) is 2. The van der Waals surface area contributed by atoms with Crippen LogP contribution in [0.2, 0.25) is 0 Å². The van der Waals surface area contributed by atoms with Crippen molar-refractivity contribution in [3.63, 3.8) is 0 Å². The maximum absolute atomic E-state index is 12.1. The van der Waals surface area contributed by atoms with Gasteiger partial charge in [-0.05, 0) is 30.2 Å². The van der Waals surface area contributed by atoms with E-state index in [-0.39, 0.29) is 36.8 Å². The smallest absolute Gasteiger partial charge is 0.226 e. The standard InChI is InChI=1S/C19H23N3O3.2ClH/c1-2-14-4-3-5-17(10-14)25-19-7-6-15(12-21-19)22-18(23)11-16-13-24-9-8-20-16;;/h3-7,10,12,16,20H,2,8-9,11,13H2,1H3,(H,22,23);2*1H. The van der Waals surface area contributed by atoms with Crippen molar-refractivity contribution in [2.24, 2.45) is 0 Å². The second kappa shape index (κ2) is 11.8. The van der Waals surface area contributed by atoms with Gasteiger partial charge in [-0.3, -0.25) is 4.79 Å². The van der Waals surface area contributed by atoms with E-state index < -0.39 is 0 Å². The number of pyridine rings is 1. The minimum atomic E-state index is -0.0610. The van der Waals surface area contributed by atoms with Gasteiger partial charge in [0.1, 0.15) is 5.75 Å². The molecule has 148 valence electrons. The highest BCUT2D eigenvalue weighted by molar-refractivity contribution is 5.91. The van der Waals surface area contributed by atoms with Crippen LogP contribution in [0.3, 0.4) is 0 Å². The van der Waals surface area contributed by atoms with Gasteiger partial charge in [0.2, 0.25) is 11.8 Å². The molecule has 1 saturated heterocycles. The summed E-state index contributed by atoms with van der Waals surface area (Å²) in [5.74, 6) is 1.19. The SMILES string of the molecule is CCc1cccc(Oc2ccc(NC(=O)CC3COCCN3)cn2)c1.Cl.Cl. The topological polar surface area (TPSA) is 72.5 Å². The number of amides is 1. The van der Waals surface area contributed by atoms with Crippen LogP contribution >= 0.6 is 24.8 Å². The lowest BCUT2D eigenvalue weighted by atomic mass is 10.2. The first-order valence-corrected chi connectivity index (χ1v) is 8.57. The highest BCUT2D eigenvalue weighted by Crippen LogP contribution is 2.21. The molecule has 1 fully saturated rings. The number of benzene rings is 1. The molecule has 1 aliphatic heterocycles. The molecular formula is C19H25Cl2N3O3. The van der Waals surface area contributed by atoms with E-state index in [0.717, 1.165) is 18.7 Å². The van der Waals surface area contributed by atoms with Crippen LogP contribution in [0.5, 0.6) is 11.6 Å². The van der Waals surface area contributed by atoms with Gasteiger partial charge in [0.15, 0.2) is 0 Å². The number of carbonyl (C=O) groups excluding carboxylic acids is 1. The Morgan fingerprint density at radius 2 is 2.19 bits per heavy atom. The van der Waals surface area contributed by atoms with Crippen LogP contribution in [0.25, 0.3) is 0 Å². The molecule has 0 aliphatic carbocycles. The molecule has 0 radical (unpaired) electrons. The summed E-state index contributed by atoms with van der Waals surface area (Å²) >= 11 is 0. The summed E-state index contributed by atoms with van der Waals surface area (Å²) in [7, 11) is 0. The minimum absolute atomic E-state index is 0. The summed E-state index contributed by atoms with van der Waals surface area (Å²) in [4.78, 5) is 16.3. The predicted molar refractivity (Wildman–Crippen MR) is 110 cm³/mol. The largest absolute Gasteiger partial charge is 0.439 e. The lowest BCUT2D eigenvalue weighted by molar-refractivity contribution is -0.117. The number of ether oxygens (including phenoxy) is 2. The first-order chi connectivity index (χ1) is 12.2. The van der Waals surface area contributed by atoms with Crippen LogP contribution in [0.15, 0.2) is 42.6 Å². The van der Waals surface area contributed by atoms with Crippen LogP contribution in [0, 0.1) is 0 Å². The molecule has 1 unspecified atom stereocenters. The Labute approximate surface area is 171 Å². The summed E-state index contributed by atoms with van der Waals surface area (Å²) < 4.78 is 11.1. The average molecular weight is 414 g/mol. The van der Waals surface area contributed by atoms with Gasteiger partial charge in [0, 0.05) is 25.1 Å². The highest BCUT2D eigenvalue weighted by atomic mass is 35.5. The number of rotatable bonds is 6. The Morgan fingerprint density at radius 1 is 1.33 bits per heavy atom. The average Bonchev–Trinajstić information content (AvgIpc) is 2.64. The van der Waals surface area contributed by atoms with Crippen LogP contribution < -0.4 is 15.4 Å². The van der Waals surface area contributed by atoms with Gasteiger partial charge in [-0.15, -0.1) is 24.8 Å². The van der Waals surface area contributed by atoms with Gasteiger partial charge in [-0.2, -0.15) is 0 Å². The van der Waals surface area contributed by atoms with Gasteiger partial charge < -0.3 is 20.1 Å². The molecule has 6 nitrogen and oxygen atoms in total. The van der Waals surface area contributed by atoms with E-state index >= 15 is 0 Å². The third kappa shape index (κ3) is 7.34. The quantitative estimate of drug-likeness (QED) is 0.756. The summed E-state index contributed by atoms with van der Waals surface area (Å²) in [6.45, 7) is 4.15. The molecule has 0 saturated carbocycles. The Kier molecular flexibility index (Phi) is 10.1. The number of aryl methyl sites for hydroxylation is 1. The number of aromatic nitrogens is 1. The number of hydrogen-bond donors (Lipinski definition) is 2. The Balaban J connectivity index is 0.00000182. The third-order valence-electron chi connectivity index (χ3n) is 3.98. The van der Waals surface area contributed by atoms with Crippen molar-refractivity contribution < 1.29 is 14.3 Å². The maximum atomic E-state index is 12.1. The fourth-order valence-electron chi connectivity index (χ4n) is 2.65. The molecule has 27 heavy (non-hydrogen) atoms. The fourth-order valence-corrected chi connectivity index (χ4v) is 2.65. The zero-order chi connectivity index (χ0) is 17.5. The summed E-state index contributed by atoms with van der Waals surface area (Å²) in [6, 6.07) is 11.5. The fraction of sp³-hybridized carbons (Fsp3) is 0.368. The van der Waals surface area contributed by atoms with Crippen molar-refractivity contribution in [3.8, 4) is 11.6 Å². The summed E-state index contributed by atoms with van der Waals surface area (Å²) in [5.41, 5.74) is 1.86. The number of hydrogen-bond acceptors (Lipinski definition) is 5. The molecular weight excluding hydrogens is 389 g/mol. The van der Waals surface area contributed by atoms with Gasteiger partial charge in [-0.25, -0.2) is 4.98 Å². The van der Waals surface area contributed by atoms with Gasteiger partial charge in [0.25, 0.3) is 0 Å². The van der Waals surface area contributed by atoms with Gasteiger partial charge in [0.05, 0.1) is 25.1 Å². The number of carbonyl (C=O) groups is 1. The molecule has 3 rings (SSSR count). The van der Waals surface area contributed by atoms with Crippen molar-refractivity contribution in [2.75, 3.05) is 25.1 Å². The van der Waals surface area contributed by atoms with E-state index in [9.17, 15) is 4.79 Å². The molecule has 2 N–H and O–H groups in total. The molecule has 1 amide bonds. The first kappa shape index (κ1) is 23.2. The Morgan fingerprint density at radius 3 is 2.85 bits per heavy atom. The molecule has 2 aromatic rings. The lowest BCUT2D eigenvalue weighted by Crippen LogP contribution is -2.43. The second-order valence-corrected chi connectivity index (χ2v) is 5.97. The minimum Gasteiger partial charge on any atom is -0.439 e. The zero-order valence-electron chi connectivity index (χ0n) is 15.1. The number of halogens is 2. The van der Waals surface area contributed by atoms with Crippen molar-refractivity contribution in [1.29, 1.82) is 0 Å². The molecule has 0 spiro atoms. The maximum Gasteiger partial charge on any atom is 0.226 e. The number of nitrogens with zero attached hydrogens (tertiary/aromatic N) is 1. The molecule has 0 bridgehead atoms. The lowest BCUT2D eigenvalue weighted by Gasteiger charge is -2.23. The van der Waals surface area contributed by atoms with Gasteiger partial charge in [-0.1, -0.05) is 19.1 Å². The molecule has 1 aliphatic rings. The molecule has 1 aromatic heterocycles. The van der Waals surface area contributed by atoms with E-state index in [1.165, 1.54) is 5.56 Å². The van der Waals surface area contributed by atoms with E-state index in [4.69, 9.17) is 9.47 Å². The summed E-state index contributed by atoms with van der Waals surface area (Å²) in [5, 5.41) is 6.11. The normalized spacial score (nSPS) is 15.8. The second-order valence-electron chi connectivity index (χ2n) is 5.97. The van der Waals surface area contributed by atoms with Crippen LogP contribution in [0.4, 0.5) is 5.69 Å². The van der Waals surface area contributed by atoms with Crippen LogP contribution in [-0.2, 0) is 16.0 Å². The molecule has 8 heteroatoms. The summed E-state index contributed by atoms with van der Waals surface area (Å²) in [6.07, 6.45) is 2.93. The van der Waals surface area contributed by atoms with Gasteiger partial charge >= 0.3 is 0 Å². The first-order valence-electron chi connectivity index (χ1n) is 8.57. The van der Waals surface area contributed by atoms with E-state index in [2.05, 4.69) is 28.6 Å². The van der Waals surface area contributed by atoms with E-state index in [1.807, 2.05) is 18.2 Å². The zero-order valence-corrected chi connectivity index (χ0v) is 16.8. The van der Waals surface area contributed by atoms with Crippen LogP contribution in [0.1, 0.15) is 18.9 Å². The van der Waals surface area contributed by atoms with Crippen molar-refractivity contribution in [1.82, 2.24) is 10.3 Å². The number of anilines is 1. The Bertz CT molecular complexity index is 708.